The average molecular weight is 310 g/mol. The lowest BCUT2D eigenvalue weighted by Crippen LogP contribution is -2.39. The fraction of sp³-hybridized carbons (Fsp3) is 0.533. The van der Waals surface area contributed by atoms with Crippen LogP contribution in [0.5, 0.6) is 0 Å². The fourth-order valence-corrected chi connectivity index (χ4v) is 3.15. The van der Waals surface area contributed by atoms with Crippen molar-refractivity contribution in [2.45, 2.75) is 38.0 Å². The lowest BCUT2D eigenvalue weighted by molar-refractivity contribution is 0.119. The Morgan fingerprint density at radius 3 is 2.24 bits per heavy atom. The number of nitrogens with zero attached hydrogens (tertiary/aromatic N) is 1. The highest BCUT2D eigenvalue weighted by atomic mass is 32.2. The molecule has 0 saturated carbocycles. The van der Waals surface area contributed by atoms with Gasteiger partial charge in [-0.15, -0.1) is 0 Å². The van der Waals surface area contributed by atoms with Gasteiger partial charge in [-0.2, -0.15) is 5.26 Å². The zero-order chi connectivity index (χ0) is 15.9. The molecule has 0 saturated heterocycles. The Hall–Kier alpha value is -1.42. The highest BCUT2D eigenvalue weighted by Crippen LogP contribution is 2.25. The zero-order valence-electron chi connectivity index (χ0n) is 12.5. The van der Waals surface area contributed by atoms with Gasteiger partial charge in [-0.3, -0.25) is 0 Å². The van der Waals surface area contributed by atoms with E-state index in [0.29, 0.717) is 12.8 Å². The van der Waals surface area contributed by atoms with E-state index in [1.165, 1.54) is 12.1 Å². The highest BCUT2D eigenvalue weighted by Gasteiger charge is 2.27. The first kappa shape index (κ1) is 17.6. The number of hydrogen-bond donors (Lipinski definition) is 2. The summed E-state index contributed by atoms with van der Waals surface area (Å²) in [6, 6.07) is 8.28. The third-order valence-electron chi connectivity index (χ3n) is 3.99. The Morgan fingerprint density at radius 2 is 1.81 bits per heavy atom. The summed E-state index contributed by atoms with van der Waals surface area (Å²) >= 11 is 0. The van der Waals surface area contributed by atoms with E-state index in [4.69, 9.17) is 5.26 Å². The molecular weight excluding hydrogens is 288 g/mol. The van der Waals surface area contributed by atoms with Crippen LogP contribution < -0.4 is 4.72 Å². The molecule has 2 N–H and O–H groups in total. The van der Waals surface area contributed by atoms with E-state index < -0.39 is 15.4 Å². The summed E-state index contributed by atoms with van der Waals surface area (Å²) in [6.07, 6.45) is 1.65. The van der Waals surface area contributed by atoms with E-state index in [2.05, 4.69) is 4.72 Å². The largest absolute Gasteiger partial charge is 0.396 e. The SMILES string of the molecule is CCC(CC)(CO)CNS(=O)(=O)c1ccc(CC#N)cc1. The van der Waals surface area contributed by atoms with Crippen LogP contribution in [0.15, 0.2) is 29.2 Å². The molecule has 0 heterocycles. The summed E-state index contributed by atoms with van der Waals surface area (Å²) in [5.41, 5.74) is 0.358. The molecule has 21 heavy (non-hydrogen) atoms. The van der Waals surface area contributed by atoms with Crippen LogP contribution in [-0.2, 0) is 16.4 Å². The molecule has 1 aromatic rings. The van der Waals surface area contributed by atoms with Gasteiger partial charge in [0.25, 0.3) is 0 Å². The molecule has 6 heteroatoms. The molecule has 5 nitrogen and oxygen atoms in total. The summed E-state index contributed by atoms with van der Waals surface area (Å²) in [6.45, 7) is 4.03. The molecule has 0 bridgehead atoms. The molecule has 1 rings (SSSR count). The van der Waals surface area contributed by atoms with Gasteiger partial charge in [0.15, 0.2) is 0 Å². The Kier molecular flexibility index (Phi) is 6.34. The topological polar surface area (TPSA) is 90.2 Å². The third-order valence-corrected chi connectivity index (χ3v) is 5.41. The third kappa shape index (κ3) is 4.53. The minimum absolute atomic E-state index is 0.0520. The Balaban J connectivity index is 2.84. The predicted molar refractivity (Wildman–Crippen MR) is 81.0 cm³/mol. The number of sulfonamides is 1. The molecule has 0 aliphatic rings. The van der Waals surface area contributed by atoms with Crippen molar-refractivity contribution >= 4 is 10.0 Å². The summed E-state index contributed by atoms with van der Waals surface area (Å²) in [5.74, 6) is 0. The number of nitrogens with one attached hydrogen (secondary N) is 1. The van der Waals surface area contributed by atoms with E-state index >= 15 is 0 Å². The first-order chi connectivity index (χ1) is 9.93. The van der Waals surface area contributed by atoms with Gasteiger partial charge in [-0.25, -0.2) is 13.1 Å². The summed E-state index contributed by atoms with van der Waals surface area (Å²) in [4.78, 5) is 0.170. The number of aliphatic hydroxyl groups excluding tert-OH is 1. The summed E-state index contributed by atoms with van der Waals surface area (Å²) in [7, 11) is -3.60. The Bertz CT molecular complexity index is 576. The second-order valence-corrected chi connectivity index (χ2v) is 6.94. The zero-order valence-corrected chi connectivity index (χ0v) is 13.3. The van der Waals surface area contributed by atoms with Crippen molar-refractivity contribution in [2.24, 2.45) is 5.41 Å². The van der Waals surface area contributed by atoms with E-state index in [9.17, 15) is 13.5 Å². The second kappa shape index (κ2) is 7.55. The van der Waals surface area contributed by atoms with Crippen molar-refractivity contribution in [2.75, 3.05) is 13.2 Å². The summed E-state index contributed by atoms with van der Waals surface area (Å²) < 4.78 is 27.0. The van der Waals surface area contributed by atoms with Crippen LogP contribution in [0.3, 0.4) is 0 Å². The van der Waals surface area contributed by atoms with Crippen LogP contribution in [0.2, 0.25) is 0 Å². The molecular formula is C15H22N2O3S. The van der Waals surface area contributed by atoms with Crippen molar-refractivity contribution < 1.29 is 13.5 Å². The molecule has 0 aliphatic carbocycles. The molecule has 0 fully saturated rings. The van der Waals surface area contributed by atoms with Gasteiger partial charge >= 0.3 is 0 Å². The lowest BCUT2D eigenvalue weighted by Gasteiger charge is -2.29. The van der Waals surface area contributed by atoms with Crippen LogP contribution in [0.25, 0.3) is 0 Å². The second-order valence-electron chi connectivity index (χ2n) is 5.17. The quantitative estimate of drug-likeness (QED) is 0.766. The van der Waals surface area contributed by atoms with Gasteiger partial charge in [0.05, 0.1) is 17.4 Å². The van der Waals surface area contributed by atoms with Crippen molar-refractivity contribution in [1.82, 2.24) is 4.72 Å². The van der Waals surface area contributed by atoms with Crippen LogP contribution in [0.1, 0.15) is 32.3 Å². The van der Waals surface area contributed by atoms with Gasteiger partial charge in [-0.05, 0) is 30.5 Å². The molecule has 0 unspecified atom stereocenters. The maximum absolute atomic E-state index is 12.2. The normalized spacial score (nSPS) is 12.1. The molecule has 0 amide bonds. The number of benzene rings is 1. The fourth-order valence-electron chi connectivity index (χ4n) is 1.99. The maximum Gasteiger partial charge on any atom is 0.240 e. The molecule has 0 spiro atoms. The molecule has 0 aliphatic heterocycles. The average Bonchev–Trinajstić information content (AvgIpc) is 2.50. The minimum Gasteiger partial charge on any atom is -0.396 e. The van der Waals surface area contributed by atoms with E-state index in [1.807, 2.05) is 19.9 Å². The van der Waals surface area contributed by atoms with E-state index in [0.717, 1.165) is 5.56 Å². The number of rotatable bonds is 8. The smallest absolute Gasteiger partial charge is 0.240 e. The van der Waals surface area contributed by atoms with Crippen molar-refractivity contribution in [3.63, 3.8) is 0 Å². The molecule has 1 aromatic carbocycles. The molecule has 0 radical (unpaired) electrons. The van der Waals surface area contributed by atoms with Crippen molar-refractivity contribution in [1.29, 1.82) is 5.26 Å². The number of hydrogen-bond acceptors (Lipinski definition) is 4. The van der Waals surface area contributed by atoms with Gasteiger partial charge in [0.2, 0.25) is 10.0 Å². The molecule has 0 aromatic heterocycles. The van der Waals surface area contributed by atoms with Crippen LogP contribution in [-0.4, -0.2) is 26.7 Å². The first-order valence-electron chi connectivity index (χ1n) is 6.99. The van der Waals surface area contributed by atoms with Gasteiger partial charge in [0.1, 0.15) is 0 Å². The molecule has 116 valence electrons. The van der Waals surface area contributed by atoms with E-state index in [1.54, 1.807) is 12.1 Å². The lowest BCUT2D eigenvalue weighted by atomic mass is 9.84. The monoisotopic (exact) mass is 310 g/mol. The number of nitriles is 1. The highest BCUT2D eigenvalue weighted by molar-refractivity contribution is 7.89. The van der Waals surface area contributed by atoms with Crippen LogP contribution in [0, 0.1) is 16.7 Å². The van der Waals surface area contributed by atoms with Crippen molar-refractivity contribution in [3.05, 3.63) is 29.8 Å². The van der Waals surface area contributed by atoms with E-state index in [-0.39, 0.29) is 24.5 Å². The van der Waals surface area contributed by atoms with Gasteiger partial charge in [-0.1, -0.05) is 26.0 Å². The van der Waals surface area contributed by atoms with Gasteiger partial charge < -0.3 is 5.11 Å². The first-order valence-corrected chi connectivity index (χ1v) is 8.48. The van der Waals surface area contributed by atoms with Gasteiger partial charge in [0, 0.05) is 18.6 Å². The minimum atomic E-state index is -3.60. The maximum atomic E-state index is 12.2. The van der Waals surface area contributed by atoms with Crippen molar-refractivity contribution in [3.8, 4) is 6.07 Å². The molecule has 0 atom stereocenters. The number of aliphatic hydroxyl groups is 1. The van der Waals surface area contributed by atoms with Crippen LogP contribution >= 0.6 is 0 Å². The Labute approximate surface area is 126 Å². The predicted octanol–water partition coefficient (Wildman–Crippen LogP) is 1.83. The summed E-state index contributed by atoms with van der Waals surface area (Å²) in [5, 5.41) is 18.1. The van der Waals surface area contributed by atoms with Crippen LogP contribution in [0.4, 0.5) is 0 Å². The Morgan fingerprint density at radius 1 is 1.24 bits per heavy atom. The standard InChI is InChI=1S/C15H22N2O3S/c1-3-15(4-2,12-18)11-17-21(19,20)14-7-5-13(6-8-14)9-10-16/h5-8,17-18H,3-4,9,11-12H2,1-2H3.